The van der Waals surface area contributed by atoms with Gasteiger partial charge < -0.3 is 0 Å². The van der Waals surface area contributed by atoms with Crippen LogP contribution in [-0.4, -0.2) is 24.0 Å². The van der Waals surface area contributed by atoms with Gasteiger partial charge in [-0.15, -0.1) is 0 Å². The van der Waals surface area contributed by atoms with Crippen molar-refractivity contribution in [1.82, 2.24) is 4.90 Å². The minimum atomic E-state index is 0.878. The summed E-state index contributed by atoms with van der Waals surface area (Å²) in [6.45, 7) is 6.28. The maximum Gasteiger partial charge on any atom is 0.0296 e. The van der Waals surface area contributed by atoms with E-state index in [1.807, 2.05) is 0 Å². The average Bonchev–Trinajstić information content (AvgIpc) is 2.51. The molecule has 2 heteroatoms. The second kappa shape index (κ2) is 4.14. The van der Waals surface area contributed by atoms with Gasteiger partial charge in [0.05, 0.1) is 0 Å². The van der Waals surface area contributed by atoms with Crippen molar-refractivity contribution in [2.45, 2.75) is 38.1 Å². The van der Waals surface area contributed by atoms with E-state index in [2.05, 4.69) is 27.4 Å². The van der Waals surface area contributed by atoms with Crippen LogP contribution in [0.2, 0.25) is 0 Å². The van der Waals surface area contributed by atoms with Gasteiger partial charge >= 0.3 is 0 Å². The van der Waals surface area contributed by atoms with Gasteiger partial charge in [0, 0.05) is 17.1 Å². The van der Waals surface area contributed by atoms with Crippen molar-refractivity contribution in [1.29, 1.82) is 0 Å². The Morgan fingerprint density at radius 3 is 2.85 bits per heavy atom. The minimum absolute atomic E-state index is 0.878. The highest BCUT2D eigenvalue weighted by Gasteiger charge is 2.34. The largest absolute Gasteiger partial charge is 0.295 e. The molecule has 0 bridgehead atoms. The molecule has 0 aromatic carbocycles. The lowest BCUT2D eigenvalue weighted by Crippen LogP contribution is -2.42. The summed E-state index contributed by atoms with van der Waals surface area (Å²) in [5, 5.41) is 0. The summed E-state index contributed by atoms with van der Waals surface area (Å²) in [5.74, 6) is 1.00. The molecular weight excluding hydrogens is 226 g/mol. The Morgan fingerprint density at radius 2 is 2.08 bits per heavy atom. The van der Waals surface area contributed by atoms with E-state index < -0.39 is 0 Å². The second-order valence-corrected chi connectivity index (χ2v) is 5.51. The lowest BCUT2D eigenvalue weighted by Gasteiger charge is -2.37. The second-order valence-electron chi connectivity index (χ2n) is 4.39. The molecule has 74 valence electrons. The Balaban J connectivity index is 1.97. The van der Waals surface area contributed by atoms with Crippen molar-refractivity contribution >= 4 is 15.9 Å². The molecule has 2 aliphatic rings. The van der Waals surface area contributed by atoms with Crippen molar-refractivity contribution in [2.24, 2.45) is 5.92 Å². The highest BCUT2D eigenvalue weighted by Crippen LogP contribution is 2.37. The Bertz CT molecular complexity index is 202. The first-order valence-electron chi connectivity index (χ1n) is 5.34. The van der Waals surface area contributed by atoms with E-state index in [9.17, 15) is 0 Å². The Hall–Kier alpha value is 0.180. The zero-order chi connectivity index (χ0) is 9.26. The predicted octanol–water partition coefficient (Wildman–Crippen LogP) is 3.16. The summed E-state index contributed by atoms with van der Waals surface area (Å²) in [7, 11) is 0. The first-order chi connectivity index (χ1) is 6.27. The summed E-state index contributed by atoms with van der Waals surface area (Å²) >= 11 is 3.47. The summed E-state index contributed by atoms with van der Waals surface area (Å²) in [6.07, 6.45) is 7.19. The van der Waals surface area contributed by atoms with E-state index in [0.717, 1.165) is 23.0 Å². The van der Waals surface area contributed by atoms with Crippen molar-refractivity contribution in [2.75, 3.05) is 13.1 Å². The average molecular weight is 244 g/mol. The predicted molar refractivity (Wildman–Crippen MR) is 60.0 cm³/mol. The minimum Gasteiger partial charge on any atom is -0.295 e. The molecule has 2 atom stereocenters. The Morgan fingerprint density at radius 1 is 1.31 bits per heavy atom. The van der Waals surface area contributed by atoms with E-state index in [1.54, 1.807) is 0 Å². The number of rotatable bonds is 2. The fourth-order valence-corrected chi connectivity index (χ4v) is 3.30. The van der Waals surface area contributed by atoms with Crippen LogP contribution in [-0.2, 0) is 0 Å². The number of halogens is 1. The van der Waals surface area contributed by atoms with Crippen LogP contribution in [0.3, 0.4) is 0 Å². The van der Waals surface area contributed by atoms with Gasteiger partial charge in [-0.05, 0) is 38.1 Å². The number of hydrogen-bond acceptors (Lipinski definition) is 1. The van der Waals surface area contributed by atoms with Gasteiger partial charge in [0.1, 0.15) is 0 Å². The molecule has 0 amide bonds. The number of fused-ring (bicyclic) bond motifs is 1. The third-order valence-electron chi connectivity index (χ3n) is 3.48. The molecular formula is C11H18BrN. The topological polar surface area (TPSA) is 3.24 Å². The number of piperidine rings is 1. The van der Waals surface area contributed by atoms with Gasteiger partial charge in [-0.3, -0.25) is 4.90 Å². The molecule has 13 heavy (non-hydrogen) atoms. The third kappa shape index (κ3) is 2.16. The van der Waals surface area contributed by atoms with Crippen LogP contribution in [0.5, 0.6) is 0 Å². The molecule has 2 fully saturated rings. The van der Waals surface area contributed by atoms with Crippen molar-refractivity contribution < 1.29 is 0 Å². The van der Waals surface area contributed by atoms with Crippen LogP contribution >= 0.6 is 15.9 Å². The molecule has 0 N–H and O–H groups in total. The van der Waals surface area contributed by atoms with Crippen LogP contribution in [0.1, 0.15) is 32.1 Å². The molecule has 0 spiro atoms. The van der Waals surface area contributed by atoms with Crippen LogP contribution in [0.15, 0.2) is 11.1 Å². The Labute approximate surface area is 89.3 Å². The SMILES string of the molecule is C=C(Br)CN1CCCC2CCCC21. The van der Waals surface area contributed by atoms with E-state index in [-0.39, 0.29) is 0 Å². The number of hydrogen-bond donors (Lipinski definition) is 0. The molecule has 1 aliphatic carbocycles. The van der Waals surface area contributed by atoms with Crippen LogP contribution < -0.4 is 0 Å². The van der Waals surface area contributed by atoms with Crippen LogP contribution in [0, 0.1) is 5.92 Å². The van der Waals surface area contributed by atoms with Crippen molar-refractivity contribution in [3.63, 3.8) is 0 Å². The van der Waals surface area contributed by atoms with E-state index in [4.69, 9.17) is 0 Å². The highest BCUT2D eigenvalue weighted by atomic mass is 79.9. The first-order valence-corrected chi connectivity index (χ1v) is 6.14. The monoisotopic (exact) mass is 243 g/mol. The van der Waals surface area contributed by atoms with Crippen molar-refractivity contribution in [3.8, 4) is 0 Å². The Kier molecular flexibility index (Phi) is 3.10. The molecule has 1 saturated heterocycles. The lowest BCUT2D eigenvalue weighted by molar-refractivity contribution is 0.126. The highest BCUT2D eigenvalue weighted by molar-refractivity contribution is 9.11. The standard InChI is InChI=1S/C11H18BrN/c1-9(12)8-13-7-3-5-10-4-2-6-11(10)13/h10-11H,1-8H2. The van der Waals surface area contributed by atoms with Gasteiger partial charge in [0.15, 0.2) is 0 Å². The molecule has 0 aromatic heterocycles. The summed E-state index contributed by atoms with van der Waals surface area (Å²) < 4.78 is 1.14. The van der Waals surface area contributed by atoms with E-state index >= 15 is 0 Å². The molecule has 2 unspecified atom stereocenters. The third-order valence-corrected chi connectivity index (χ3v) is 3.73. The van der Waals surface area contributed by atoms with Crippen molar-refractivity contribution in [3.05, 3.63) is 11.1 Å². The zero-order valence-corrected chi connectivity index (χ0v) is 9.72. The van der Waals surface area contributed by atoms with Gasteiger partial charge in [0.25, 0.3) is 0 Å². The quantitative estimate of drug-likeness (QED) is 0.721. The number of nitrogens with zero attached hydrogens (tertiary/aromatic N) is 1. The lowest BCUT2D eigenvalue weighted by atomic mass is 9.92. The molecule has 1 aliphatic heterocycles. The molecule has 0 radical (unpaired) electrons. The van der Waals surface area contributed by atoms with Crippen LogP contribution in [0.25, 0.3) is 0 Å². The van der Waals surface area contributed by atoms with Crippen LogP contribution in [0.4, 0.5) is 0 Å². The molecule has 1 heterocycles. The van der Waals surface area contributed by atoms with Gasteiger partial charge in [-0.2, -0.15) is 0 Å². The summed E-state index contributed by atoms with van der Waals surface area (Å²) in [5.41, 5.74) is 0. The molecule has 1 saturated carbocycles. The fraction of sp³-hybridized carbons (Fsp3) is 0.818. The number of likely N-dealkylation sites (tertiary alicyclic amines) is 1. The summed E-state index contributed by atoms with van der Waals surface area (Å²) in [4.78, 5) is 2.62. The fourth-order valence-electron chi connectivity index (χ4n) is 2.97. The smallest absolute Gasteiger partial charge is 0.0296 e. The molecule has 2 rings (SSSR count). The van der Waals surface area contributed by atoms with E-state index in [0.29, 0.717) is 0 Å². The first kappa shape index (κ1) is 9.72. The summed E-state index contributed by atoms with van der Waals surface area (Å²) in [6, 6.07) is 0.878. The van der Waals surface area contributed by atoms with Gasteiger partial charge in [0.2, 0.25) is 0 Å². The molecule has 0 aromatic rings. The molecule has 1 nitrogen and oxygen atoms in total. The van der Waals surface area contributed by atoms with E-state index in [1.165, 1.54) is 38.6 Å². The van der Waals surface area contributed by atoms with Gasteiger partial charge in [-0.1, -0.05) is 28.9 Å². The zero-order valence-electron chi connectivity index (χ0n) is 8.14. The maximum atomic E-state index is 3.94. The maximum absolute atomic E-state index is 3.94. The van der Waals surface area contributed by atoms with Gasteiger partial charge in [-0.25, -0.2) is 0 Å². The normalized spacial score (nSPS) is 34.5.